The number of carboxylic acids is 1. The number of nitrogens with zero attached hydrogens (tertiary/aromatic N) is 5. The fraction of sp³-hybridized carbons (Fsp3) is 0.400. The van der Waals surface area contributed by atoms with Crippen LogP contribution in [0.2, 0.25) is 0 Å². The lowest BCUT2D eigenvalue weighted by molar-refractivity contribution is 0.0696. The molecule has 0 radical (unpaired) electrons. The van der Waals surface area contributed by atoms with Crippen LogP contribution in [0.4, 0.5) is 0 Å². The van der Waals surface area contributed by atoms with E-state index in [2.05, 4.69) is 26.6 Å². The fourth-order valence-corrected chi connectivity index (χ4v) is 3.93. The summed E-state index contributed by atoms with van der Waals surface area (Å²) < 4.78 is 3.38. The molecule has 1 saturated carbocycles. The molecule has 1 aliphatic rings. The first-order chi connectivity index (χ1) is 14.0. The standard InChI is InChI=1S/C20H24N6O3/c1-13-5-15(9-22-19(13)26-4-2-3-23-26)8-21-17-6-14(7-18(17)27)11-25-12-16(10-24-25)20(28)29/h2-5,9-10,12,14,17-18,21,27H,6-8,11H2,1H3,(H,28,29)/t14?,17-,18-/m1/s1. The first-order valence-electron chi connectivity index (χ1n) is 9.62. The van der Waals surface area contributed by atoms with E-state index in [9.17, 15) is 9.90 Å². The molecule has 29 heavy (non-hydrogen) atoms. The third-order valence-electron chi connectivity index (χ3n) is 5.35. The lowest BCUT2D eigenvalue weighted by Crippen LogP contribution is -2.35. The Morgan fingerprint density at radius 1 is 1.31 bits per heavy atom. The monoisotopic (exact) mass is 396 g/mol. The van der Waals surface area contributed by atoms with Gasteiger partial charge in [-0.3, -0.25) is 4.68 Å². The molecule has 1 aliphatic carbocycles. The molecule has 4 rings (SSSR count). The number of aliphatic hydroxyl groups is 1. The van der Waals surface area contributed by atoms with E-state index in [4.69, 9.17) is 5.11 Å². The smallest absolute Gasteiger partial charge is 0.338 e. The van der Waals surface area contributed by atoms with Crippen molar-refractivity contribution in [3.8, 4) is 5.82 Å². The van der Waals surface area contributed by atoms with Crippen LogP contribution in [-0.2, 0) is 13.1 Å². The summed E-state index contributed by atoms with van der Waals surface area (Å²) in [6.07, 6.45) is 9.33. The molecule has 9 nitrogen and oxygen atoms in total. The van der Waals surface area contributed by atoms with Gasteiger partial charge < -0.3 is 15.5 Å². The number of rotatable bonds is 7. The number of aryl methyl sites for hydroxylation is 1. The normalized spacial score (nSPS) is 21.5. The van der Waals surface area contributed by atoms with Gasteiger partial charge in [0.15, 0.2) is 5.82 Å². The summed E-state index contributed by atoms with van der Waals surface area (Å²) in [4.78, 5) is 15.5. The zero-order chi connectivity index (χ0) is 20.4. The molecule has 0 bridgehead atoms. The lowest BCUT2D eigenvalue weighted by Gasteiger charge is -2.17. The molecule has 152 valence electrons. The highest BCUT2D eigenvalue weighted by Crippen LogP contribution is 2.28. The van der Waals surface area contributed by atoms with Gasteiger partial charge in [-0.2, -0.15) is 10.2 Å². The van der Waals surface area contributed by atoms with Gasteiger partial charge in [-0.25, -0.2) is 14.5 Å². The number of hydrogen-bond acceptors (Lipinski definition) is 6. The van der Waals surface area contributed by atoms with Crippen LogP contribution in [0.15, 0.2) is 43.1 Å². The second-order valence-electron chi connectivity index (χ2n) is 7.58. The number of nitrogens with one attached hydrogen (secondary N) is 1. The summed E-state index contributed by atoms with van der Waals surface area (Å²) in [7, 11) is 0. The molecule has 0 saturated heterocycles. The van der Waals surface area contributed by atoms with Crippen molar-refractivity contribution >= 4 is 5.97 Å². The second-order valence-corrected chi connectivity index (χ2v) is 7.58. The summed E-state index contributed by atoms with van der Waals surface area (Å²) in [6.45, 7) is 3.22. The molecule has 3 N–H and O–H groups in total. The summed E-state index contributed by atoms with van der Waals surface area (Å²) in [6, 6.07) is 3.92. The molecule has 3 aromatic heterocycles. The van der Waals surface area contributed by atoms with Gasteiger partial charge in [-0.15, -0.1) is 0 Å². The summed E-state index contributed by atoms with van der Waals surface area (Å²) in [5.41, 5.74) is 2.26. The molecule has 0 aromatic carbocycles. The van der Waals surface area contributed by atoms with Crippen molar-refractivity contribution in [1.82, 2.24) is 29.9 Å². The molecule has 0 amide bonds. The lowest BCUT2D eigenvalue weighted by atomic mass is 10.1. The Morgan fingerprint density at radius 2 is 2.17 bits per heavy atom. The summed E-state index contributed by atoms with van der Waals surface area (Å²) >= 11 is 0. The first-order valence-corrected chi connectivity index (χ1v) is 9.62. The molecule has 1 fully saturated rings. The number of aromatic carboxylic acids is 1. The Kier molecular flexibility index (Phi) is 5.41. The highest BCUT2D eigenvalue weighted by atomic mass is 16.4. The van der Waals surface area contributed by atoms with Crippen LogP contribution in [0, 0.1) is 12.8 Å². The van der Waals surface area contributed by atoms with Gasteiger partial charge in [-0.1, -0.05) is 0 Å². The van der Waals surface area contributed by atoms with E-state index in [0.29, 0.717) is 19.5 Å². The quantitative estimate of drug-likeness (QED) is 0.552. The number of pyridine rings is 1. The Bertz CT molecular complexity index is 984. The predicted octanol–water partition coefficient (Wildman–Crippen LogP) is 1.40. The van der Waals surface area contributed by atoms with E-state index < -0.39 is 12.1 Å². The van der Waals surface area contributed by atoms with Crippen molar-refractivity contribution < 1.29 is 15.0 Å². The summed E-state index contributed by atoms with van der Waals surface area (Å²) in [5, 5.41) is 31.2. The van der Waals surface area contributed by atoms with Gasteiger partial charge in [0.2, 0.25) is 0 Å². The van der Waals surface area contributed by atoms with Gasteiger partial charge in [0.25, 0.3) is 0 Å². The Labute approximate surface area is 168 Å². The molecule has 0 spiro atoms. The average molecular weight is 396 g/mol. The van der Waals surface area contributed by atoms with Crippen LogP contribution >= 0.6 is 0 Å². The second kappa shape index (κ2) is 8.14. The molecule has 0 aliphatic heterocycles. The van der Waals surface area contributed by atoms with E-state index >= 15 is 0 Å². The van der Waals surface area contributed by atoms with Crippen molar-refractivity contribution in [1.29, 1.82) is 0 Å². The van der Waals surface area contributed by atoms with Crippen molar-refractivity contribution in [3.05, 3.63) is 59.8 Å². The Hall–Kier alpha value is -3.04. The maximum atomic E-state index is 11.0. The van der Waals surface area contributed by atoms with Crippen LogP contribution in [0.5, 0.6) is 0 Å². The number of hydrogen-bond donors (Lipinski definition) is 3. The molecule has 3 aromatic rings. The topological polar surface area (TPSA) is 118 Å². The van der Waals surface area contributed by atoms with Crippen LogP contribution in [-0.4, -0.2) is 52.9 Å². The largest absolute Gasteiger partial charge is 0.478 e. The molecule has 1 unspecified atom stereocenters. The number of aliphatic hydroxyl groups excluding tert-OH is 1. The fourth-order valence-electron chi connectivity index (χ4n) is 3.93. The third kappa shape index (κ3) is 4.36. The summed E-state index contributed by atoms with van der Waals surface area (Å²) in [5.74, 6) is 0.0653. The molecule has 3 atom stereocenters. The van der Waals surface area contributed by atoms with Crippen molar-refractivity contribution in [3.63, 3.8) is 0 Å². The van der Waals surface area contributed by atoms with Gasteiger partial charge in [-0.05, 0) is 48.9 Å². The minimum absolute atomic E-state index is 0.0133. The SMILES string of the molecule is Cc1cc(CN[C@@H]2CC(Cn3cc(C(=O)O)cn3)C[C@H]2O)cnc1-n1cccn1. The van der Waals surface area contributed by atoms with Crippen LogP contribution in [0.25, 0.3) is 5.82 Å². The van der Waals surface area contributed by atoms with E-state index in [1.165, 1.54) is 12.4 Å². The van der Waals surface area contributed by atoms with E-state index in [1.807, 2.05) is 25.4 Å². The van der Waals surface area contributed by atoms with Gasteiger partial charge in [0.05, 0.1) is 17.9 Å². The van der Waals surface area contributed by atoms with E-state index in [-0.39, 0.29) is 17.5 Å². The molecular weight excluding hydrogens is 372 g/mol. The number of aromatic nitrogens is 5. The first kappa shape index (κ1) is 19.3. The number of carbonyl (C=O) groups is 1. The van der Waals surface area contributed by atoms with Crippen LogP contribution in [0.1, 0.15) is 34.3 Å². The Morgan fingerprint density at radius 3 is 2.86 bits per heavy atom. The molecule has 3 heterocycles. The highest BCUT2D eigenvalue weighted by molar-refractivity contribution is 5.86. The maximum Gasteiger partial charge on any atom is 0.338 e. The highest BCUT2D eigenvalue weighted by Gasteiger charge is 2.33. The predicted molar refractivity (Wildman–Crippen MR) is 105 cm³/mol. The Balaban J connectivity index is 1.33. The van der Waals surface area contributed by atoms with E-state index in [1.54, 1.807) is 15.6 Å². The van der Waals surface area contributed by atoms with Crippen LogP contribution < -0.4 is 5.32 Å². The minimum Gasteiger partial charge on any atom is -0.478 e. The van der Waals surface area contributed by atoms with Crippen molar-refractivity contribution in [2.24, 2.45) is 5.92 Å². The van der Waals surface area contributed by atoms with Crippen molar-refractivity contribution in [2.75, 3.05) is 0 Å². The minimum atomic E-state index is -0.982. The van der Waals surface area contributed by atoms with Gasteiger partial charge in [0.1, 0.15) is 0 Å². The van der Waals surface area contributed by atoms with E-state index in [0.717, 1.165) is 23.4 Å². The van der Waals surface area contributed by atoms with Gasteiger partial charge in [0, 0.05) is 43.9 Å². The van der Waals surface area contributed by atoms with Gasteiger partial charge >= 0.3 is 5.97 Å². The average Bonchev–Trinajstić information content (AvgIpc) is 3.42. The number of carboxylic acid groups (broad SMARTS) is 1. The van der Waals surface area contributed by atoms with Crippen molar-refractivity contribution in [2.45, 2.75) is 45.0 Å². The zero-order valence-electron chi connectivity index (χ0n) is 16.1. The van der Waals surface area contributed by atoms with Crippen LogP contribution in [0.3, 0.4) is 0 Å². The molecule has 9 heteroatoms. The molecular formula is C20H24N6O3. The maximum absolute atomic E-state index is 11.0. The zero-order valence-corrected chi connectivity index (χ0v) is 16.1. The third-order valence-corrected chi connectivity index (χ3v) is 5.35.